The molecule has 0 atom stereocenters. The van der Waals surface area contributed by atoms with E-state index < -0.39 is 0 Å². The zero-order chi connectivity index (χ0) is 18.8. The lowest BCUT2D eigenvalue weighted by molar-refractivity contribution is 0.104. The molecule has 0 aliphatic rings. The van der Waals surface area contributed by atoms with Gasteiger partial charge >= 0.3 is 0 Å². The largest absolute Gasteiger partial charge is 0.493 e. The minimum absolute atomic E-state index is 0.0413. The molecule has 0 saturated heterocycles. The molecule has 0 spiro atoms. The number of ether oxygens (including phenoxy) is 2. The molecule has 0 heterocycles. The van der Waals surface area contributed by atoms with Gasteiger partial charge in [0, 0.05) is 29.9 Å². The van der Waals surface area contributed by atoms with Crippen LogP contribution in [0.2, 0.25) is 0 Å². The van der Waals surface area contributed by atoms with Crippen molar-refractivity contribution in [2.45, 2.75) is 26.7 Å². The lowest BCUT2D eigenvalue weighted by Gasteiger charge is -2.11. The summed E-state index contributed by atoms with van der Waals surface area (Å²) < 4.78 is 11.5. The maximum Gasteiger partial charge on any atom is 0.185 e. The van der Waals surface area contributed by atoms with Crippen molar-refractivity contribution in [2.75, 3.05) is 25.6 Å². The smallest absolute Gasteiger partial charge is 0.185 e. The Morgan fingerprint density at radius 3 is 2.35 bits per heavy atom. The summed E-state index contributed by atoms with van der Waals surface area (Å²) in [7, 11) is 1.85. The highest BCUT2D eigenvalue weighted by Crippen LogP contribution is 2.27. The first kappa shape index (κ1) is 19.6. The monoisotopic (exact) mass is 353 g/mol. The Bertz CT molecular complexity index is 736. The van der Waals surface area contributed by atoms with E-state index in [2.05, 4.69) is 19.2 Å². The van der Waals surface area contributed by atoms with E-state index in [1.165, 1.54) is 0 Å². The molecule has 0 unspecified atom stereocenters. The Kier molecular flexibility index (Phi) is 7.75. The number of hydrogen-bond donors (Lipinski definition) is 1. The quantitative estimate of drug-likeness (QED) is 0.471. The van der Waals surface area contributed by atoms with Crippen molar-refractivity contribution in [1.29, 1.82) is 0 Å². The van der Waals surface area contributed by atoms with Crippen LogP contribution in [0.1, 0.15) is 42.6 Å². The Morgan fingerprint density at radius 1 is 1.00 bits per heavy atom. The van der Waals surface area contributed by atoms with Crippen molar-refractivity contribution in [3.05, 3.63) is 59.7 Å². The minimum atomic E-state index is -0.0413. The molecule has 2 aromatic carbocycles. The van der Waals surface area contributed by atoms with E-state index in [0.29, 0.717) is 18.8 Å². The van der Waals surface area contributed by atoms with Gasteiger partial charge in [-0.05, 0) is 61.4 Å². The summed E-state index contributed by atoms with van der Waals surface area (Å²) in [6.45, 7) is 5.42. The lowest BCUT2D eigenvalue weighted by atomic mass is 10.1. The summed E-state index contributed by atoms with van der Waals surface area (Å²) in [5.74, 6) is 1.47. The first-order valence-corrected chi connectivity index (χ1v) is 9.07. The second-order valence-corrected chi connectivity index (χ2v) is 5.92. The molecule has 0 aliphatic heterocycles. The van der Waals surface area contributed by atoms with Gasteiger partial charge in [-0.3, -0.25) is 4.79 Å². The zero-order valence-electron chi connectivity index (χ0n) is 15.7. The molecule has 0 radical (unpaired) electrons. The molecule has 2 aromatic rings. The van der Waals surface area contributed by atoms with Gasteiger partial charge in [0.05, 0.1) is 13.2 Å². The summed E-state index contributed by atoms with van der Waals surface area (Å²) >= 11 is 0. The van der Waals surface area contributed by atoms with E-state index in [4.69, 9.17) is 9.47 Å². The SMILES string of the molecule is CCCOc1ccc(/C=C/C(=O)c2ccc(NC)cc2)c(OCCC)c1. The maximum atomic E-state index is 12.4. The molecule has 0 amide bonds. The molecule has 0 aliphatic carbocycles. The number of anilines is 1. The third kappa shape index (κ3) is 5.66. The molecular weight excluding hydrogens is 326 g/mol. The normalized spacial score (nSPS) is 10.7. The second kappa shape index (κ2) is 10.3. The first-order chi connectivity index (χ1) is 12.7. The van der Waals surface area contributed by atoms with Gasteiger partial charge in [-0.25, -0.2) is 0 Å². The molecular formula is C22H27NO3. The number of carbonyl (C=O) groups excluding carboxylic acids is 1. The van der Waals surface area contributed by atoms with Crippen LogP contribution in [0.15, 0.2) is 48.5 Å². The van der Waals surface area contributed by atoms with Crippen LogP contribution in [0.25, 0.3) is 6.08 Å². The van der Waals surface area contributed by atoms with Crippen LogP contribution in [0.4, 0.5) is 5.69 Å². The van der Waals surface area contributed by atoms with Crippen molar-refractivity contribution in [1.82, 2.24) is 0 Å². The van der Waals surface area contributed by atoms with Gasteiger partial charge < -0.3 is 14.8 Å². The van der Waals surface area contributed by atoms with Crippen LogP contribution < -0.4 is 14.8 Å². The third-order valence-electron chi connectivity index (χ3n) is 3.79. The molecule has 1 N–H and O–H groups in total. The van der Waals surface area contributed by atoms with Crippen molar-refractivity contribution in [3.63, 3.8) is 0 Å². The summed E-state index contributed by atoms with van der Waals surface area (Å²) in [4.78, 5) is 12.4. The van der Waals surface area contributed by atoms with E-state index in [1.54, 1.807) is 12.2 Å². The van der Waals surface area contributed by atoms with Crippen LogP contribution in [-0.4, -0.2) is 26.0 Å². The summed E-state index contributed by atoms with van der Waals surface area (Å²) in [6, 6.07) is 13.1. The summed E-state index contributed by atoms with van der Waals surface area (Å²) in [5.41, 5.74) is 2.49. The number of nitrogens with one attached hydrogen (secondary N) is 1. The topological polar surface area (TPSA) is 47.6 Å². The number of benzene rings is 2. The molecule has 0 aromatic heterocycles. The molecule has 0 saturated carbocycles. The van der Waals surface area contributed by atoms with Gasteiger partial charge in [0.1, 0.15) is 11.5 Å². The highest BCUT2D eigenvalue weighted by atomic mass is 16.5. The zero-order valence-corrected chi connectivity index (χ0v) is 15.7. The standard InChI is InChI=1S/C22H27NO3/c1-4-14-25-20-12-8-18(22(16-20)26-15-5-2)9-13-21(24)17-6-10-19(23-3)11-7-17/h6-13,16,23H,4-5,14-15H2,1-3H3/b13-9+. The predicted octanol–water partition coefficient (Wildman–Crippen LogP) is 5.20. The Hall–Kier alpha value is -2.75. The van der Waals surface area contributed by atoms with Crippen molar-refractivity contribution in [2.24, 2.45) is 0 Å². The number of carbonyl (C=O) groups is 1. The highest BCUT2D eigenvalue weighted by molar-refractivity contribution is 6.07. The highest BCUT2D eigenvalue weighted by Gasteiger charge is 2.06. The van der Waals surface area contributed by atoms with E-state index in [1.807, 2.05) is 49.5 Å². The van der Waals surface area contributed by atoms with E-state index in [9.17, 15) is 4.79 Å². The van der Waals surface area contributed by atoms with E-state index in [-0.39, 0.29) is 5.78 Å². The molecule has 138 valence electrons. The van der Waals surface area contributed by atoms with E-state index >= 15 is 0 Å². The van der Waals surface area contributed by atoms with E-state index in [0.717, 1.165) is 35.6 Å². The first-order valence-electron chi connectivity index (χ1n) is 9.07. The van der Waals surface area contributed by atoms with Gasteiger partial charge in [0.2, 0.25) is 0 Å². The molecule has 0 fully saturated rings. The van der Waals surface area contributed by atoms with Crippen molar-refractivity contribution >= 4 is 17.5 Å². The summed E-state index contributed by atoms with van der Waals surface area (Å²) in [6.07, 6.45) is 5.24. The second-order valence-electron chi connectivity index (χ2n) is 5.92. The average molecular weight is 353 g/mol. The number of rotatable bonds is 10. The van der Waals surface area contributed by atoms with Gasteiger partial charge in [-0.15, -0.1) is 0 Å². The van der Waals surface area contributed by atoms with Crippen molar-refractivity contribution < 1.29 is 14.3 Å². The van der Waals surface area contributed by atoms with Crippen LogP contribution in [0, 0.1) is 0 Å². The fourth-order valence-corrected chi connectivity index (χ4v) is 2.36. The van der Waals surface area contributed by atoms with Crippen LogP contribution in [0.5, 0.6) is 11.5 Å². The number of ketones is 1. The Morgan fingerprint density at radius 2 is 1.69 bits per heavy atom. The van der Waals surface area contributed by atoms with Gasteiger partial charge in [-0.1, -0.05) is 13.8 Å². The minimum Gasteiger partial charge on any atom is -0.493 e. The Labute approximate surface area is 155 Å². The Balaban J connectivity index is 2.16. The molecule has 0 bridgehead atoms. The number of allylic oxidation sites excluding steroid dienone is 1. The number of hydrogen-bond acceptors (Lipinski definition) is 4. The van der Waals surface area contributed by atoms with Crippen LogP contribution >= 0.6 is 0 Å². The third-order valence-corrected chi connectivity index (χ3v) is 3.79. The molecule has 2 rings (SSSR count). The van der Waals surface area contributed by atoms with Crippen molar-refractivity contribution in [3.8, 4) is 11.5 Å². The van der Waals surface area contributed by atoms with Gasteiger partial charge in [0.15, 0.2) is 5.78 Å². The van der Waals surface area contributed by atoms with Crippen LogP contribution in [0.3, 0.4) is 0 Å². The predicted molar refractivity (Wildman–Crippen MR) is 107 cm³/mol. The van der Waals surface area contributed by atoms with Gasteiger partial charge in [-0.2, -0.15) is 0 Å². The molecule has 26 heavy (non-hydrogen) atoms. The van der Waals surface area contributed by atoms with Crippen LogP contribution in [-0.2, 0) is 0 Å². The summed E-state index contributed by atoms with van der Waals surface area (Å²) in [5, 5.41) is 3.04. The molecule has 4 nitrogen and oxygen atoms in total. The lowest BCUT2D eigenvalue weighted by Crippen LogP contribution is -2.00. The molecule has 4 heteroatoms. The van der Waals surface area contributed by atoms with Gasteiger partial charge in [0.25, 0.3) is 0 Å². The fraction of sp³-hybridized carbons (Fsp3) is 0.318. The average Bonchev–Trinajstić information content (AvgIpc) is 2.69. The fourth-order valence-electron chi connectivity index (χ4n) is 2.36. The maximum absolute atomic E-state index is 12.4.